The molecule has 1 amide bonds. The van der Waals surface area contributed by atoms with Crippen LogP contribution in [0, 0.1) is 0 Å². The van der Waals surface area contributed by atoms with Gasteiger partial charge < -0.3 is 10.4 Å². The first-order valence-electron chi connectivity index (χ1n) is 6.66. The minimum Gasteiger partial charge on any atom is -0.481 e. The fourth-order valence-corrected chi connectivity index (χ4v) is 2.84. The van der Waals surface area contributed by atoms with E-state index in [1.807, 2.05) is 4.90 Å². The highest BCUT2D eigenvalue weighted by atomic mass is 35.5. The molecule has 1 aliphatic rings. The molecule has 2 N–H and O–H groups in total. The van der Waals surface area contributed by atoms with Crippen LogP contribution in [0.15, 0.2) is 18.2 Å². The number of hydrogen-bond donors (Lipinski definition) is 2. The second kappa shape index (κ2) is 7.11. The summed E-state index contributed by atoms with van der Waals surface area (Å²) in [6.07, 6.45) is 1.77. The van der Waals surface area contributed by atoms with Gasteiger partial charge >= 0.3 is 5.97 Å². The summed E-state index contributed by atoms with van der Waals surface area (Å²) in [6.45, 7) is 0.884. The van der Waals surface area contributed by atoms with Crippen LogP contribution in [0.3, 0.4) is 0 Å². The van der Waals surface area contributed by atoms with Crippen LogP contribution in [0.4, 0.5) is 5.69 Å². The first-order chi connectivity index (χ1) is 9.95. The summed E-state index contributed by atoms with van der Waals surface area (Å²) < 4.78 is 0. The summed E-state index contributed by atoms with van der Waals surface area (Å²) in [7, 11) is 0. The molecule has 5 nitrogen and oxygen atoms in total. The van der Waals surface area contributed by atoms with E-state index in [9.17, 15) is 9.59 Å². The summed E-state index contributed by atoms with van der Waals surface area (Å²) in [4.78, 5) is 24.8. The van der Waals surface area contributed by atoms with Gasteiger partial charge in [0.25, 0.3) is 0 Å². The van der Waals surface area contributed by atoms with E-state index < -0.39 is 5.97 Å². The molecule has 21 heavy (non-hydrogen) atoms. The Kier molecular flexibility index (Phi) is 5.45. The lowest BCUT2D eigenvalue weighted by Gasteiger charge is -2.22. The number of hydrogen-bond acceptors (Lipinski definition) is 3. The van der Waals surface area contributed by atoms with E-state index in [1.165, 1.54) is 0 Å². The van der Waals surface area contributed by atoms with Gasteiger partial charge in [-0.1, -0.05) is 23.2 Å². The molecule has 1 aliphatic heterocycles. The lowest BCUT2D eigenvalue weighted by molar-refractivity contribution is -0.138. The monoisotopic (exact) mass is 330 g/mol. The predicted molar refractivity (Wildman–Crippen MR) is 81.9 cm³/mol. The van der Waals surface area contributed by atoms with Crippen LogP contribution >= 0.6 is 23.2 Å². The first kappa shape index (κ1) is 16.1. The van der Waals surface area contributed by atoms with Crippen LogP contribution in [0.2, 0.25) is 10.0 Å². The van der Waals surface area contributed by atoms with Crippen molar-refractivity contribution in [3.05, 3.63) is 28.2 Å². The van der Waals surface area contributed by atoms with Gasteiger partial charge in [-0.3, -0.25) is 14.5 Å². The molecule has 0 aromatic heterocycles. The van der Waals surface area contributed by atoms with Gasteiger partial charge in [-0.05, 0) is 37.6 Å². The third-order valence-corrected chi connectivity index (χ3v) is 4.02. The summed E-state index contributed by atoms with van der Waals surface area (Å²) in [5.74, 6) is -1.07. The van der Waals surface area contributed by atoms with Crippen molar-refractivity contribution in [2.45, 2.75) is 25.3 Å². The Bertz CT molecular complexity index is 551. The van der Waals surface area contributed by atoms with Gasteiger partial charge in [0.2, 0.25) is 5.91 Å². The first-order valence-corrected chi connectivity index (χ1v) is 7.42. The molecule has 2 rings (SSSR count). The maximum absolute atomic E-state index is 12.1. The number of carbonyl (C=O) groups is 2. The van der Waals surface area contributed by atoms with Crippen LogP contribution in [-0.2, 0) is 9.59 Å². The van der Waals surface area contributed by atoms with Crippen molar-refractivity contribution in [3.8, 4) is 0 Å². The Morgan fingerprint density at radius 2 is 2.14 bits per heavy atom. The van der Waals surface area contributed by atoms with E-state index in [0.29, 0.717) is 15.7 Å². The van der Waals surface area contributed by atoms with Gasteiger partial charge in [0.1, 0.15) is 0 Å². The lowest BCUT2D eigenvalue weighted by Crippen LogP contribution is -2.37. The number of likely N-dealkylation sites (tertiary alicyclic amines) is 1. The zero-order chi connectivity index (χ0) is 15.4. The molecule has 0 bridgehead atoms. The number of rotatable bonds is 5. The molecule has 1 unspecified atom stereocenters. The summed E-state index contributed by atoms with van der Waals surface area (Å²) in [5, 5.41) is 12.5. The second-order valence-corrected chi connectivity index (χ2v) is 5.88. The number of anilines is 1. The summed E-state index contributed by atoms with van der Waals surface area (Å²) in [5.41, 5.74) is 0.461. The highest BCUT2D eigenvalue weighted by Gasteiger charge is 2.28. The number of carboxylic acid groups (broad SMARTS) is 1. The van der Waals surface area contributed by atoms with Gasteiger partial charge in [-0.15, -0.1) is 0 Å². The smallest absolute Gasteiger partial charge is 0.304 e. The molecular weight excluding hydrogens is 315 g/mol. The second-order valence-electron chi connectivity index (χ2n) is 5.04. The maximum atomic E-state index is 12.1. The molecule has 1 fully saturated rings. The minimum absolute atomic E-state index is 0.0607. The third kappa shape index (κ3) is 4.59. The molecule has 1 heterocycles. The number of aliphatic carboxylic acids is 1. The fourth-order valence-electron chi connectivity index (χ4n) is 2.50. The number of nitrogens with one attached hydrogen (secondary N) is 1. The highest BCUT2D eigenvalue weighted by molar-refractivity contribution is 6.35. The Hall–Kier alpha value is -1.30. The Balaban J connectivity index is 1.95. The number of benzene rings is 1. The number of halogens is 2. The Morgan fingerprint density at radius 3 is 2.86 bits per heavy atom. The van der Waals surface area contributed by atoms with Gasteiger partial charge in [0.15, 0.2) is 0 Å². The maximum Gasteiger partial charge on any atom is 0.304 e. The quantitative estimate of drug-likeness (QED) is 0.870. The molecule has 1 atom stereocenters. The molecule has 0 radical (unpaired) electrons. The average molecular weight is 331 g/mol. The molecule has 0 aliphatic carbocycles. The molecule has 0 spiro atoms. The number of amides is 1. The normalized spacial score (nSPS) is 18.7. The van der Waals surface area contributed by atoms with Crippen LogP contribution < -0.4 is 5.32 Å². The minimum atomic E-state index is -0.842. The van der Waals surface area contributed by atoms with Crippen molar-refractivity contribution in [2.75, 3.05) is 18.4 Å². The lowest BCUT2D eigenvalue weighted by atomic mass is 10.1. The fraction of sp³-hybridized carbons (Fsp3) is 0.429. The van der Waals surface area contributed by atoms with Crippen LogP contribution in [0.1, 0.15) is 19.3 Å². The van der Waals surface area contributed by atoms with Gasteiger partial charge in [-0.25, -0.2) is 0 Å². The van der Waals surface area contributed by atoms with E-state index in [0.717, 1.165) is 19.4 Å². The van der Waals surface area contributed by atoms with Crippen LogP contribution in [-0.4, -0.2) is 41.0 Å². The molecule has 7 heteroatoms. The largest absolute Gasteiger partial charge is 0.481 e. The van der Waals surface area contributed by atoms with Crippen molar-refractivity contribution in [3.63, 3.8) is 0 Å². The van der Waals surface area contributed by atoms with Crippen molar-refractivity contribution in [1.82, 2.24) is 4.90 Å². The van der Waals surface area contributed by atoms with Crippen molar-refractivity contribution >= 4 is 40.8 Å². The van der Waals surface area contributed by atoms with E-state index in [-0.39, 0.29) is 24.9 Å². The van der Waals surface area contributed by atoms with Crippen molar-refractivity contribution in [2.24, 2.45) is 0 Å². The van der Waals surface area contributed by atoms with E-state index in [2.05, 4.69) is 5.32 Å². The number of carbonyl (C=O) groups excluding carboxylic acids is 1. The predicted octanol–water partition coefficient (Wildman–Crippen LogP) is 2.87. The highest BCUT2D eigenvalue weighted by Crippen LogP contribution is 2.26. The van der Waals surface area contributed by atoms with Crippen molar-refractivity contribution < 1.29 is 14.7 Å². The van der Waals surface area contributed by atoms with Gasteiger partial charge in [-0.2, -0.15) is 0 Å². The Morgan fingerprint density at radius 1 is 1.38 bits per heavy atom. The molecule has 114 valence electrons. The molecule has 1 saturated heterocycles. The zero-order valence-electron chi connectivity index (χ0n) is 11.3. The zero-order valence-corrected chi connectivity index (χ0v) is 12.8. The van der Waals surface area contributed by atoms with Crippen molar-refractivity contribution in [1.29, 1.82) is 0 Å². The standard InChI is InChI=1S/C14H16Cl2N2O3/c15-9-3-4-11(16)12(6-9)17-13(19)8-18-5-1-2-10(18)7-14(20)21/h3-4,6,10H,1-2,5,7-8H2,(H,17,19)(H,20,21). The van der Waals surface area contributed by atoms with Gasteiger partial charge in [0.05, 0.1) is 23.7 Å². The molecule has 1 aromatic rings. The van der Waals surface area contributed by atoms with E-state index in [1.54, 1.807) is 18.2 Å². The average Bonchev–Trinajstić information content (AvgIpc) is 2.80. The van der Waals surface area contributed by atoms with Gasteiger partial charge in [0, 0.05) is 11.1 Å². The SMILES string of the molecule is O=C(O)CC1CCCN1CC(=O)Nc1cc(Cl)ccc1Cl. The van der Waals surface area contributed by atoms with Crippen LogP contribution in [0.5, 0.6) is 0 Å². The van der Waals surface area contributed by atoms with E-state index in [4.69, 9.17) is 28.3 Å². The topological polar surface area (TPSA) is 69.6 Å². The summed E-state index contributed by atoms with van der Waals surface area (Å²) in [6, 6.07) is 4.76. The van der Waals surface area contributed by atoms with Crippen LogP contribution in [0.25, 0.3) is 0 Å². The third-order valence-electron chi connectivity index (χ3n) is 3.46. The molecule has 1 aromatic carbocycles. The number of carboxylic acids is 1. The molecular formula is C14H16Cl2N2O3. The summed E-state index contributed by atoms with van der Waals surface area (Å²) >= 11 is 11.9. The molecule has 0 saturated carbocycles. The Labute approximate surface area is 132 Å². The van der Waals surface area contributed by atoms with E-state index >= 15 is 0 Å². The number of nitrogens with zero attached hydrogens (tertiary/aromatic N) is 1.